The molecule has 88 valence electrons. The Balaban J connectivity index is 1.97. The van der Waals surface area contributed by atoms with E-state index >= 15 is 0 Å². The molecule has 1 N–H and O–H groups in total. The van der Waals surface area contributed by atoms with Gasteiger partial charge in [0.05, 0.1) is 5.69 Å². The first kappa shape index (κ1) is 10.8. The van der Waals surface area contributed by atoms with Crippen LogP contribution in [0.3, 0.4) is 0 Å². The zero-order valence-corrected chi connectivity index (χ0v) is 9.73. The molecule has 5 heteroatoms. The Kier molecular flexibility index (Phi) is 2.64. The quantitative estimate of drug-likeness (QED) is 0.889. The van der Waals surface area contributed by atoms with Crippen LogP contribution in [0.15, 0.2) is 23.6 Å². The summed E-state index contributed by atoms with van der Waals surface area (Å²) < 4.78 is 26.6. The smallest absolute Gasteiger partial charge is 0.133 e. The summed E-state index contributed by atoms with van der Waals surface area (Å²) in [6, 6.07) is 3.44. The van der Waals surface area contributed by atoms with E-state index in [0.29, 0.717) is 10.9 Å². The molecule has 1 aromatic heterocycles. The van der Waals surface area contributed by atoms with Crippen molar-refractivity contribution in [3.63, 3.8) is 0 Å². The maximum Gasteiger partial charge on any atom is 0.133 e. The number of hydrogen-bond donors (Lipinski definition) is 1. The van der Waals surface area contributed by atoms with Crippen molar-refractivity contribution in [3.05, 3.63) is 40.9 Å². The second-order valence-electron chi connectivity index (χ2n) is 4.06. The Bertz CT molecular complexity index is 549. The van der Waals surface area contributed by atoms with Gasteiger partial charge >= 0.3 is 0 Å². The van der Waals surface area contributed by atoms with Crippen LogP contribution in [0.1, 0.15) is 11.6 Å². The Labute approximate surface area is 101 Å². The van der Waals surface area contributed by atoms with E-state index < -0.39 is 11.6 Å². The van der Waals surface area contributed by atoms with E-state index in [2.05, 4.69) is 10.3 Å². The number of halogens is 2. The fourth-order valence-electron chi connectivity index (χ4n) is 1.76. The van der Waals surface area contributed by atoms with Crippen LogP contribution in [0.25, 0.3) is 10.6 Å². The van der Waals surface area contributed by atoms with Crippen LogP contribution in [-0.2, 0) is 0 Å². The molecule has 2 aromatic rings. The molecule has 2 heterocycles. The van der Waals surface area contributed by atoms with Crippen molar-refractivity contribution in [2.45, 2.75) is 5.92 Å². The van der Waals surface area contributed by atoms with Gasteiger partial charge in [-0.1, -0.05) is 0 Å². The van der Waals surface area contributed by atoms with Crippen LogP contribution in [-0.4, -0.2) is 18.1 Å². The van der Waals surface area contributed by atoms with Gasteiger partial charge in [-0.25, -0.2) is 13.8 Å². The highest BCUT2D eigenvalue weighted by Crippen LogP contribution is 2.30. The molecule has 0 unspecified atom stereocenters. The minimum absolute atomic E-state index is 0.244. The fraction of sp³-hybridized carbons (Fsp3) is 0.250. The van der Waals surface area contributed by atoms with Crippen LogP contribution >= 0.6 is 11.3 Å². The van der Waals surface area contributed by atoms with Gasteiger partial charge in [0, 0.05) is 30.0 Å². The number of benzene rings is 1. The lowest BCUT2D eigenvalue weighted by Gasteiger charge is -2.25. The van der Waals surface area contributed by atoms with Gasteiger partial charge in [0.1, 0.15) is 16.6 Å². The van der Waals surface area contributed by atoms with Crippen LogP contribution < -0.4 is 5.32 Å². The molecule has 1 aromatic carbocycles. The summed E-state index contributed by atoms with van der Waals surface area (Å²) in [5, 5.41) is 5.63. The number of rotatable bonds is 2. The molecule has 17 heavy (non-hydrogen) atoms. The molecule has 0 atom stereocenters. The van der Waals surface area contributed by atoms with Gasteiger partial charge in [-0.05, 0) is 18.2 Å². The lowest BCUT2D eigenvalue weighted by Crippen LogP contribution is -2.40. The Morgan fingerprint density at radius 1 is 1.29 bits per heavy atom. The van der Waals surface area contributed by atoms with E-state index in [-0.39, 0.29) is 5.56 Å². The van der Waals surface area contributed by atoms with Crippen LogP contribution in [0.2, 0.25) is 0 Å². The molecular weight excluding hydrogens is 242 g/mol. The second-order valence-corrected chi connectivity index (χ2v) is 4.91. The molecule has 1 aliphatic rings. The lowest BCUT2D eigenvalue weighted by atomic mass is 10.0. The largest absolute Gasteiger partial charge is 0.315 e. The molecule has 0 saturated carbocycles. The van der Waals surface area contributed by atoms with Gasteiger partial charge in [-0.15, -0.1) is 11.3 Å². The van der Waals surface area contributed by atoms with Gasteiger partial charge in [0.25, 0.3) is 0 Å². The van der Waals surface area contributed by atoms with E-state index in [1.54, 1.807) is 0 Å². The third kappa shape index (κ3) is 1.96. The monoisotopic (exact) mass is 252 g/mol. The van der Waals surface area contributed by atoms with E-state index in [0.717, 1.165) is 30.9 Å². The molecule has 0 amide bonds. The zero-order valence-electron chi connectivity index (χ0n) is 8.91. The minimum Gasteiger partial charge on any atom is -0.315 e. The molecule has 0 bridgehead atoms. The number of thiazole rings is 1. The van der Waals surface area contributed by atoms with Crippen LogP contribution in [0.4, 0.5) is 8.78 Å². The number of nitrogens with one attached hydrogen (secondary N) is 1. The van der Waals surface area contributed by atoms with Crippen molar-refractivity contribution < 1.29 is 8.78 Å². The zero-order chi connectivity index (χ0) is 11.8. The van der Waals surface area contributed by atoms with Crippen molar-refractivity contribution in [3.8, 4) is 10.6 Å². The summed E-state index contributed by atoms with van der Waals surface area (Å²) in [5.74, 6) is -0.459. The normalized spacial score (nSPS) is 15.9. The van der Waals surface area contributed by atoms with E-state index in [4.69, 9.17) is 0 Å². The van der Waals surface area contributed by atoms with Gasteiger partial charge < -0.3 is 5.32 Å². The van der Waals surface area contributed by atoms with Crippen molar-refractivity contribution in [2.24, 2.45) is 0 Å². The highest BCUT2D eigenvalue weighted by Gasteiger charge is 2.22. The highest BCUT2D eigenvalue weighted by molar-refractivity contribution is 7.13. The minimum atomic E-state index is -0.441. The topological polar surface area (TPSA) is 24.9 Å². The van der Waals surface area contributed by atoms with E-state index in [1.807, 2.05) is 5.38 Å². The maximum absolute atomic E-state index is 13.5. The first-order chi connectivity index (χ1) is 8.24. The van der Waals surface area contributed by atoms with Crippen molar-refractivity contribution in [2.75, 3.05) is 13.1 Å². The fourth-order valence-corrected chi connectivity index (χ4v) is 2.68. The van der Waals surface area contributed by atoms with Crippen molar-refractivity contribution in [1.29, 1.82) is 0 Å². The van der Waals surface area contributed by atoms with E-state index in [1.165, 1.54) is 17.4 Å². The molecule has 1 saturated heterocycles. The molecule has 3 rings (SSSR count). The van der Waals surface area contributed by atoms with E-state index in [9.17, 15) is 8.78 Å². The van der Waals surface area contributed by atoms with Crippen molar-refractivity contribution >= 4 is 11.3 Å². The summed E-state index contributed by atoms with van der Waals surface area (Å²) in [6.07, 6.45) is 0. The first-order valence-electron chi connectivity index (χ1n) is 5.35. The highest BCUT2D eigenvalue weighted by atomic mass is 32.1. The van der Waals surface area contributed by atoms with Crippen molar-refractivity contribution in [1.82, 2.24) is 10.3 Å². The number of nitrogens with zero attached hydrogens (tertiary/aromatic N) is 1. The predicted molar refractivity (Wildman–Crippen MR) is 63.1 cm³/mol. The third-order valence-corrected chi connectivity index (χ3v) is 3.77. The summed E-state index contributed by atoms with van der Waals surface area (Å²) in [7, 11) is 0. The molecule has 1 aliphatic heterocycles. The number of hydrogen-bond acceptors (Lipinski definition) is 3. The summed E-state index contributed by atoms with van der Waals surface area (Å²) >= 11 is 1.36. The van der Waals surface area contributed by atoms with Crippen LogP contribution in [0.5, 0.6) is 0 Å². The maximum atomic E-state index is 13.5. The van der Waals surface area contributed by atoms with Gasteiger partial charge in [0.15, 0.2) is 0 Å². The molecule has 0 aliphatic carbocycles. The summed E-state index contributed by atoms with van der Waals surface area (Å²) in [6.45, 7) is 1.82. The number of aromatic nitrogens is 1. The average Bonchev–Trinajstić information content (AvgIpc) is 2.68. The third-order valence-electron chi connectivity index (χ3n) is 2.88. The first-order valence-corrected chi connectivity index (χ1v) is 6.23. The average molecular weight is 252 g/mol. The Morgan fingerprint density at radius 2 is 2.12 bits per heavy atom. The summed E-state index contributed by atoms with van der Waals surface area (Å²) in [5.41, 5.74) is 1.21. The predicted octanol–water partition coefficient (Wildman–Crippen LogP) is 2.78. The molecule has 0 radical (unpaired) electrons. The SMILES string of the molecule is Fc1ccc(F)c(-c2nc(C3CNC3)cs2)c1. The Morgan fingerprint density at radius 3 is 2.82 bits per heavy atom. The van der Waals surface area contributed by atoms with Gasteiger partial charge in [0.2, 0.25) is 0 Å². The Hall–Kier alpha value is -1.33. The lowest BCUT2D eigenvalue weighted by molar-refractivity contribution is 0.441. The van der Waals surface area contributed by atoms with Gasteiger partial charge in [-0.3, -0.25) is 0 Å². The molecule has 1 fully saturated rings. The van der Waals surface area contributed by atoms with Crippen LogP contribution in [0, 0.1) is 11.6 Å². The molecular formula is C12H10F2N2S. The second kappa shape index (κ2) is 4.16. The molecule has 2 nitrogen and oxygen atoms in total. The molecule has 0 spiro atoms. The standard InChI is InChI=1S/C12H10F2N2S/c13-8-1-2-10(14)9(3-8)12-16-11(6-17-12)7-4-15-5-7/h1-3,6-7,15H,4-5H2. The summed E-state index contributed by atoms with van der Waals surface area (Å²) in [4.78, 5) is 4.38. The van der Waals surface area contributed by atoms with Gasteiger partial charge in [-0.2, -0.15) is 0 Å².